The predicted molar refractivity (Wildman–Crippen MR) is 62.3 cm³/mol. The number of benzene rings is 1. The van der Waals surface area contributed by atoms with Crippen LogP contribution in [0.15, 0.2) is 42.7 Å². The zero-order valence-electron chi connectivity index (χ0n) is 8.35. The molecule has 0 aliphatic rings. The third-order valence-corrected chi connectivity index (χ3v) is 2.54. The van der Waals surface area contributed by atoms with Gasteiger partial charge in [-0.15, -0.1) is 11.6 Å². The van der Waals surface area contributed by atoms with Crippen LogP contribution in [0.1, 0.15) is 10.9 Å². The van der Waals surface area contributed by atoms with Crippen LogP contribution in [0.2, 0.25) is 0 Å². The Labute approximate surface area is 97.6 Å². The van der Waals surface area contributed by atoms with Gasteiger partial charge in [-0.25, -0.2) is 0 Å². The van der Waals surface area contributed by atoms with Crippen LogP contribution in [-0.2, 0) is 4.79 Å². The molecule has 0 saturated carbocycles. The maximum atomic E-state index is 11.7. The summed E-state index contributed by atoms with van der Waals surface area (Å²) in [6, 6.07) is 9.19. The smallest absolute Gasteiger partial charge is 0.247 e. The van der Waals surface area contributed by atoms with Gasteiger partial charge in [-0.2, -0.15) is 5.10 Å². The van der Waals surface area contributed by atoms with Gasteiger partial charge in [0.05, 0.1) is 11.9 Å². The van der Waals surface area contributed by atoms with E-state index in [9.17, 15) is 4.79 Å². The first-order valence-corrected chi connectivity index (χ1v) is 5.19. The monoisotopic (exact) mass is 235 g/mol. The van der Waals surface area contributed by atoms with E-state index in [0.717, 1.165) is 5.56 Å². The zero-order chi connectivity index (χ0) is 11.4. The van der Waals surface area contributed by atoms with Crippen LogP contribution in [0.3, 0.4) is 0 Å². The molecule has 1 aromatic heterocycles. The molecule has 1 atom stereocenters. The van der Waals surface area contributed by atoms with Gasteiger partial charge in [-0.05, 0) is 5.56 Å². The van der Waals surface area contributed by atoms with Crippen LogP contribution in [-0.4, -0.2) is 16.1 Å². The Morgan fingerprint density at radius 2 is 2.12 bits per heavy atom. The van der Waals surface area contributed by atoms with Crippen LogP contribution in [0.5, 0.6) is 0 Å². The lowest BCUT2D eigenvalue weighted by Crippen LogP contribution is -2.16. The lowest BCUT2D eigenvalue weighted by atomic mass is 10.1. The molecule has 0 aliphatic heterocycles. The third-order valence-electron chi connectivity index (χ3n) is 2.09. The normalized spacial score (nSPS) is 12.1. The Morgan fingerprint density at radius 3 is 2.75 bits per heavy atom. The zero-order valence-corrected chi connectivity index (χ0v) is 9.11. The lowest BCUT2D eigenvalue weighted by molar-refractivity contribution is -0.116. The highest BCUT2D eigenvalue weighted by atomic mass is 35.5. The van der Waals surface area contributed by atoms with Gasteiger partial charge in [0.2, 0.25) is 5.91 Å². The second-order valence-electron chi connectivity index (χ2n) is 3.25. The van der Waals surface area contributed by atoms with E-state index in [0.29, 0.717) is 5.69 Å². The van der Waals surface area contributed by atoms with E-state index in [1.54, 1.807) is 6.20 Å². The maximum Gasteiger partial charge on any atom is 0.247 e. The number of H-pyrrole nitrogens is 1. The maximum absolute atomic E-state index is 11.7. The van der Waals surface area contributed by atoms with Crippen LogP contribution in [0.4, 0.5) is 5.69 Å². The van der Waals surface area contributed by atoms with Crippen LogP contribution in [0.25, 0.3) is 0 Å². The minimum absolute atomic E-state index is 0.269. The van der Waals surface area contributed by atoms with Crippen LogP contribution >= 0.6 is 11.6 Å². The van der Waals surface area contributed by atoms with Gasteiger partial charge in [0.1, 0.15) is 5.38 Å². The molecule has 0 spiro atoms. The summed E-state index contributed by atoms with van der Waals surface area (Å²) >= 11 is 6.03. The quantitative estimate of drug-likeness (QED) is 0.803. The number of alkyl halides is 1. The van der Waals surface area contributed by atoms with Gasteiger partial charge in [0.25, 0.3) is 0 Å². The molecule has 0 aliphatic carbocycles. The molecular weight excluding hydrogens is 226 g/mol. The minimum atomic E-state index is -0.698. The molecule has 2 rings (SSSR count). The molecule has 2 N–H and O–H groups in total. The molecule has 0 fully saturated rings. The van der Waals surface area contributed by atoms with Crippen molar-refractivity contribution in [2.75, 3.05) is 5.32 Å². The van der Waals surface area contributed by atoms with Gasteiger partial charge >= 0.3 is 0 Å². The first-order chi connectivity index (χ1) is 7.77. The summed E-state index contributed by atoms with van der Waals surface area (Å²) in [6.07, 6.45) is 3.11. The fourth-order valence-corrected chi connectivity index (χ4v) is 1.50. The van der Waals surface area contributed by atoms with Crippen molar-refractivity contribution >= 4 is 23.2 Å². The molecule has 82 valence electrons. The Hall–Kier alpha value is -1.81. The standard InChI is InChI=1S/C11H10ClN3O/c12-10(8-4-2-1-3-5-8)11(16)15-9-6-13-14-7-9/h1-7,10H,(H,13,14)(H,15,16). The molecule has 5 heteroatoms. The summed E-state index contributed by atoms with van der Waals surface area (Å²) in [7, 11) is 0. The van der Waals surface area contributed by atoms with Crippen LogP contribution < -0.4 is 5.32 Å². The fourth-order valence-electron chi connectivity index (χ4n) is 1.30. The number of aromatic amines is 1. The fraction of sp³-hybridized carbons (Fsp3) is 0.0909. The summed E-state index contributed by atoms with van der Waals surface area (Å²) in [5.41, 5.74) is 1.37. The molecule has 1 heterocycles. The topological polar surface area (TPSA) is 57.8 Å². The summed E-state index contributed by atoms with van der Waals surface area (Å²) < 4.78 is 0. The van der Waals surface area contributed by atoms with Gasteiger partial charge in [-0.3, -0.25) is 9.89 Å². The summed E-state index contributed by atoms with van der Waals surface area (Å²) in [5.74, 6) is -0.269. The van der Waals surface area contributed by atoms with Crippen molar-refractivity contribution in [1.82, 2.24) is 10.2 Å². The minimum Gasteiger partial charge on any atom is -0.322 e. The van der Waals surface area contributed by atoms with Crippen LogP contribution in [0, 0.1) is 0 Å². The van der Waals surface area contributed by atoms with Gasteiger partial charge in [0, 0.05) is 6.20 Å². The van der Waals surface area contributed by atoms with Crippen molar-refractivity contribution in [1.29, 1.82) is 0 Å². The SMILES string of the molecule is O=C(Nc1cn[nH]c1)C(Cl)c1ccccc1. The van der Waals surface area contributed by atoms with Crippen molar-refractivity contribution in [3.8, 4) is 0 Å². The number of hydrogen-bond donors (Lipinski definition) is 2. The molecular formula is C11H10ClN3O. The summed E-state index contributed by atoms with van der Waals surface area (Å²) in [4.78, 5) is 11.7. The number of aromatic nitrogens is 2. The van der Waals surface area contributed by atoms with E-state index in [4.69, 9.17) is 11.6 Å². The molecule has 4 nitrogen and oxygen atoms in total. The van der Waals surface area contributed by atoms with Crippen molar-refractivity contribution < 1.29 is 4.79 Å². The molecule has 0 saturated heterocycles. The highest BCUT2D eigenvalue weighted by Gasteiger charge is 2.17. The highest BCUT2D eigenvalue weighted by molar-refractivity contribution is 6.32. The predicted octanol–water partition coefficient (Wildman–Crippen LogP) is 2.33. The number of carbonyl (C=O) groups excluding carboxylic acids is 1. The van der Waals surface area contributed by atoms with E-state index < -0.39 is 5.38 Å². The highest BCUT2D eigenvalue weighted by Crippen LogP contribution is 2.21. The number of nitrogens with one attached hydrogen (secondary N) is 2. The molecule has 16 heavy (non-hydrogen) atoms. The molecule has 1 aromatic carbocycles. The Morgan fingerprint density at radius 1 is 1.38 bits per heavy atom. The summed E-state index contributed by atoms with van der Waals surface area (Å²) in [5, 5.41) is 8.29. The van der Waals surface area contributed by atoms with E-state index >= 15 is 0 Å². The van der Waals surface area contributed by atoms with Gasteiger partial charge in [-0.1, -0.05) is 30.3 Å². The number of hydrogen-bond acceptors (Lipinski definition) is 2. The summed E-state index contributed by atoms with van der Waals surface area (Å²) in [6.45, 7) is 0. The number of carbonyl (C=O) groups is 1. The number of rotatable bonds is 3. The third kappa shape index (κ3) is 2.41. The molecule has 0 radical (unpaired) electrons. The first kappa shape index (κ1) is 10.7. The number of nitrogens with zero attached hydrogens (tertiary/aromatic N) is 1. The van der Waals surface area contributed by atoms with Crippen molar-refractivity contribution in [2.24, 2.45) is 0 Å². The molecule has 1 unspecified atom stereocenters. The van der Waals surface area contributed by atoms with Gasteiger partial charge < -0.3 is 5.32 Å². The number of amides is 1. The van der Waals surface area contributed by atoms with E-state index in [-0.39, 0.29) is 5.91 Å². The van der Waals surface area contributed by atoms with E-state index in [1.807, 2.05) is 30.3 Å². The average Bonchev–Trinajstić information content (AvgIpc) is 2.82. The van der Waals surface area contributed by atoms with E-state index in [2.05, 4.69) is 15.5 Å². The number of halogens is 1. The Balaban J connectivity index is 2.05. The molecule has 2 aromatic rings. The average molecular weight is 236 g/mol. The van der Waals surface area contributed by atoms with E-state index in [1.165, 1.54) is 6.20 Å². The Kier molecular flexibility index (Phi) is 3.22. The lowest BCUT2D eigenvalue weighted by Gasteiger charge is -2.08. The number of anilines is 1. The van der Waals surface area contributed by atoms with Crippen molar-refractivity contribution in [2.45, 2.75) is 5.38 Å². The molecule has 0 bridgehead atoms. The van der Waals surface area contributed by atoms with Gasteiger partial charge in [0.15, 0.2) is 0 Å². The van der Waals surface area contributed by atoms with Crippen molar-refractivity contribution in [3.05, 3.63) is 48.3 Å². The Bertz CT molecular complexity index is 455. The largest absolute Gasteiger partial charge is 0.322 e. The molecule has 1 amide bonds. The second kappa shape index (κ2) is 4.81. The first-order valence-electron chi connectivity index (χ1n) is 4.76. The van der Waals surface area contributed by atoms with Crippen molar-refractivity contribution in [3.63, 3.8) is 0 Å². The second-order valence-corrected chi connectivity index (χ2v) is 3.69.